The molecule has 1 saturated carbocycles. The number of sulfonamides is 1. The molecule has 0 atom stereocenters. The molecule has 118 valence electrons. The molecule has 2 fully saturated rings. The Balaban J connectivity index is 1.69. The Morgan fingerprint density at radius 3 is 2.57 bits per heavy atom. The summed E-state index contributed by atoms with van der Waals surface area (Å²) in [4.78, 5) is 1.27. The molecule has 0 aromatic carbocycles. The molecule has 2 heterocycles. The van der Waals surface area contributed by atoms with Gasteiger partial charge in [-0.05, 0) is 18.9 Å². The summed E-state index contributed by atoms with van der Waals surface area (Å²) in [7, 11) is -6.64. The smallest absolute Gasteiger partial charge is 0.243 e. The third-order valence-electron chi connectivity index (χ3n) is 3.71. The fraction of sp³-hybridized carbons (Fsp3) is 0.667. The van der Waals surface area contributed by atoms with Crippen LogP contribution in [-0.2, 0) is 26.4 Å². The summed E-state index contributed by atoms with van der Waals surface area (Å²) >= 11 is 1.42. The normalized spacial score (nSPS) is 23.2. The van der Waals surface area contributed by atoms with Crippen LogP contribution in [0.5, 0.6) is 0 Å². The van der Waals surface area contributed by atoms with E-state index in [0.717, 1.165) is 4.88 Å². The molecular weight excluding hydrogens is 332 g/mol. The highest BCUT2D eigenvalue weighted by Crippen LogP contribution is 2.25. The molecular formula is C12H18N2O4S3. The van der Waals surface area contributed by atoms with Gasteiger partial charge in [0.15, 0.2) is 9.84 Å². The van der Waals surface area contributed by atoms with Crippen LogP contribution >= 0.6 is 11.3 Å². The van der Waals surface area contributed by atoms with Crippen molar-refractivity contribution in [3.8, 4) is 0 Å². The summed E-state index contributed by atoms with van der Waals surface area (Å²) < 4.78 is 49.0. The highest BCUT2D eigenvalue weighted by Gasteiger charge is 2.31. The fourth-order valence-corrected chi connectivity index (χ4v) is 6.29. The Labute approximate surface area is 129 Å². The molecule has 2 aliphatic rings. The Kier molecular flexibility index (Phi) is 4.12. The predicted octanol–water partition coefficient (Wildman–Crippen LogP) is 0.419. The van der Waals surface area contributed by atoms with Crippen LogP contribution in [-0.4, -0.2) is 51.8 Å². The minimum atomic E-state index is -3.56. The first-order valence-corrected chi connectivity index (χ1v) is 11.0. The molecule has 0 amide bonds. The maximum absolute atomic E-state index is 12.5. The Bertz CT molecular complexity index is 705. The van der Waals surface area contributed by atoms with Crippen molar-refractivity contribution in [2.45, 2.75) is 30.3 Å². The van der Waals surface area contributed by atoms with Gasteiger partial charge in [-0.1, -0.05) is 0 Å². The predicted molar refractivity (Wildman–Crippen MR) is 81.6 cm³/mol. The highest BCUT2D eigenvalue weighted by molar-refractivity contribution is 7.92. The second-order valence-corrected chi connectivity index (χ2v) is 10.7. The number of nitrogens with one attached hydrogen (secondary N) is 1. The summed E-state index contributed by atoms with van der Waals surface area (Å²) in [6.07, 6.45) is 2.39. The first-order chi connectivity index (χ1) is 9.87. The van der Waals surface area contributed by atoms with Gasteiger partial charge in [0, 0.05) is 35.9 Å². The topological polar surface area (TPSA) is 83.6 Å². The first kappa shape index (κ1) is 15.4. The maximum atomic E-state index is 12.5. The second kappa shape index (κ2) is 5.62. The maximum Gasteiger partial charge on any atom is 0.243 e. The van der Waals surface area contributed by atoms with E-state index in [0.29, 0.717) is 12.6 Å². The lowest BCUT2D eigenvalue weighted by Gasteiger charge is -2.25. The van der Waals surface area contributed by atoms with Crippen LogP contribution in [0.15, 0.2) is 16.3 Å². The van der Waals surface area contributed by atoms with Crippen LogP contribution in [0.4, 0.5) is 0 Å². The molecule has 9 heteroatoms. The van der Waals surface area contributed by atoms with Gasteiger partial charge in [-0.25, -0.2) is 16.8 Å². The third kappa shape index (κ3) is 3.65. The Hall–Kier alpha value is -0.480. The highest BCUT2D eigenvalue weighted by atomic mass is 32.2. The van der Waals surface area contributed by atoms with E-state index in [2.05, 4.69) is 5.32 Å². The number of nitrogens with zero attached hydrogens (tertiary/aromatic N) is 1. The van der Waals surface area contributed by atoms with Crippen LogP contribution < -0.4 is 5.32 Å². The standard InChI is InChI=1S/C12H18N2O4S3/c15-20(16)5-3-14(4-6-20)21(17,18)12-7-11(19-9-12)8-13-10-1-2-10/h7,9-10,13H,1-6,8H2. The van der Waals surface area contributed by atoms with Crippen molar-refractivity contribution in [2.75, 3.05) is 24.6 Å². The van der Waals surface area contributed by atoms with Gasteiger partial charge in [-0.2, -0.15) is 4.31 Å². The number of rotatable bonds is 5. The summed E-state index contributed by atoms with van der Waals surface area (Å²) in [5, 5.41) is 4.99. The molecule has 0 radical (unpaired) electrons. The second-order valence-electron chi connectivity index (χ2n) is 5.46. The van der Waals surface area contributed by atoms with Gasteiger partial charge >= 0.3 is 0 Å². The van der Waals surface area contributed by atoms with Crippen LogP contribution in [0.3, 0.4) is 0 Å². The van der Waals surface area contributed by atoms with Crippen molar-refractivity contribution in [2.24, 2.45) is 0 Å². The van der Waals surface area contributed by atoms with Crippen LogP contribution in [0, 0.1) is 0 Å². The van der Waals surface area contributed by atoms with Gasteiger partial charge < -0.3 is 5.32 Å². The lowest BCUT2D eigenvalue weighted by atomic mass is 10.4. The molecule has 1 aliphatic carbocycles. The molecule has 6 nitrogen and oxygen atoms in total. The zero-order valence-corrected chi connectivity index (χ0v) is 13.9. The molecule has 1 aliphatic heterocycles. The molecule has 1 saturated heterocycles. The fourth-order valence-electron chi connectivity index (χ4n) is 2.21. The van der Waals surface area contributed by atoms with Crippen molar-refractivity contribution >= 4 is 31.2 Å². The molecule has 1 N–H and O–H groups in total. The third-order valence-corrected chi connectivity index (χ3v) is 8.28. The van der Waals surface area contributed by atoms with E-state index in [1.54, 1.807) is 11.4 Å². The molecule has 21 heavy (non-hydrogen) atoms. The van der Waals surface area contributed by atoms with E-state index >= 15 is 0 Å². The molecule has 1 aromatic rings. The molecule has 1 aromatic heterocycles. The minimum absolute atomic E-state index is 0.0518. The summed E-state index contributed by atoms with van der Waals surface area (Å²) in [5.74, 6) is -0.182. The van der Waals surface area contributed by atoms with Gasteiger partial charge in [0.1, 0.15) is 0 Å². The molecule has 0 spiro atoms. The summed E-state index contributed by atoms with van der Waals surface area (Å²) in [6, 6.07) is 2.28. The lowest BCUT2D eigenvalue weighted by Crippen LogP contribution is -2.43. The monoisotopic (exact) mass is 350 g/mol. The van der Waals surface area contributed by atoms with Gasteiger partial charge in [-0.3, -0.25) is 0 Å². The van der Waals surface area contributed by atoms with Gasteiger partial charge in [-0.15, -0.1) is 11.3 Å². The van der Waals surface area contributed by atoms with Crippen LogP contribution in [0.2, 0.25) is 0 Å². The first-order valence-electron chi connectivity index (χ1n) is 6.88. The molecule has 0 bridgehead atoms. The van der Waals surface area contributed by atoms with Gasteiger partial charge in [0.25, 0.3) is 0 Å². The number of sulfone groups is 1. The van der Waals surface area contributed by atoms with E-state index in [4.69, 9.17) is 0 Å². The number of hydrogen-bond acceptors (Lipinski definition) is 6. The van der Waals surface area contributed by atoms with E-state index in [9.17, 15) is 16.8 Å². The van der Waals surface area contributed by atoms with E-state index in [1.165, 1.54) is 28.5 Å². The molecule has 3 rings (SSSR count). The largest absolute Gasteiger partial charge is 0.309 e. The van der Waals surface area contributed by atoms with E-state index in [1.807, 2.05) is 0 Å². The quantitative estimate of drug-likeness (QED) is 0.832. The van der Waals surface area contributed by atoms with Crippen molar-refractivity contribution < 1.29 is 16.8 Å². The number of hydrogen-bond donors (Lipinski definition) is 1. The Morgan fingerprint density at radius 2 is 1.95 bits per heavy atom. The average molecular weight is 350 g/mol. The SMILES string of the molecule is O=S1(=O)CCN(S(=O)(=O)c2csc(CNC3CC3)c2)CC1. The minimum Gasteiger partial charge on any atom is -0.309 e. The van der Waals surface area contributed by atoms with Crippen molar-refractivity contribution in [1.29, 1.82) is 0 Å². The molecule has 0 unspecified atom stereocenters. The van der Waals surface area contributed by atoms with Crippen molar-refractivity contribution in [3.05, 3.63) is 16.3 Å². The number of thiophene rings is 1. The van der Waals surface area contributed by atoms with Gasteiger partial charge in [0.2, 0.25) is 10.0 Å². The summed E-state index contributed by atoms with van der Waals surface area (Å²) in [5.41, 5.74) is 0. The zero-order chi connectivity index (χ0) is 15.1. The van der Waals surface area contributed by atoms with Crippen molar-refractivity contribution in [3.63, 3.8) is 0 Å². The zero-order valence-electron chi connectivity index (χ0n) is 11.5. The Morgan fingerprint density at radius 1 is 1.29 bits per heavy atom. The van der Waals surface area contributed by atoms with Crippen LogP contribution in [0.1, 0.15) is 17.7 Å². The van der Waals surface area contributed by atoms with E-state index < -0.39 is 19.9 Å². The average Bonchev–Trinajstić information content (AvgIpc) is 3.12. The van der Waals surface area contributed by atoms with Crippen molar-refractivity contribution in [1.82, 2.24) is 9.62 Å². The lowest BCUT2D eigenvalue weighted by molar-refractivity contribution is 0.431. The van der Waals surface area contributed by atoms with Crippen LogP contribution in [0.25, 0.3) is 0 Å². The van der Waals surface area contributed by atoms with E-state index in [-0.39, 0.29) is 29.5 Å². The summed E-state index contributed by atoms with van der Waals surface area (Å²) in [6.45, 7) is 0.797. The van der Waals surface area contributed by atoms with Gasteiger partial charge in [0.05, 0.1) is 16.4 Å².